The van der Waals surface area contributed by atoms with Gasteiger partial charge in [-0.2, -0.15) is 5.10 Å². The molecule has 90 valence electrons. The number of aromatic nitrogens is 2. The van der Waals surface area contributed by atoms with E-state index >= 15 is 0 Å². The van der Waals surface area contributed by atoms with Crippen molar-refractivity contribution in [2.75, 3.05) is 12.4 Å². The van der Waals surface area contributed by atoms with Crippen molar-refractivity contribution in [2.45, 2.75) is 51.3 Å². The van der Waals surface area contributed by atoms with E-state index in [1.54, 1.807) is 0 Å². The van der Waals surface area contributed by atoms with Gasteiger partial charge in [-0.1, -0.05) is 0 Å². The SMILES string of the molecule is CCn1cc(NC2CCC(OC)CC2)cn1. The molecule has 0 amide bonds. The largest absolute Gasteiger partial charge is 0.381 e. The Bertz CT molecular complexity index is 316. The Balaban J connectivity index is 1.82. The zero-order chi connectivity index (χ0) is 11.4. The van der Waals surface area contributed by atoms with Crippen LogP contribution in [0, 0.1) is 0 Å². The highest BCUT2D eigenvalue weighted by atomic mass is 16.5. The van der Waals surface area contributed by atoms with E-state index in [2.05, 4.69) is 23.5 Å². The summed E-state index contributed by atoms with van der Waals surface area (Å²) in [7, 11) is 1.81. The first-order valence-corrected chi connectivity index (χ1v) is 6.13. The summed E-state index contributed by atoms with van der Waals surface area (Å²) >= 11 is 0. The Morgan fingerprint density at radius 1 is 1.44 bits per heavy atom. The number of methoxy groups -OCH3 is 1. The monoisotopic (exact) mass is 223 g/mol. The van der Waals surface area contributed by atoms with Gasteiger partial charge in [0.1, 0.15) is 0 Å². The number of hydrogen-bond acceptors (Lipinski definition) is 3. The predicted molar refractivity (Wildman–Crippen MR) is 64.6 cm³/mol. The van der Waals surface area contributed by atoms with Gasteiger partial charge in [-0.25, -0.2) is 0 Å². The topological polar surface area (TPSA) is 39.1 Å². The minimum Gasteiger partial charge on any atom is -0.381 e. The molecule has 0 bridgehead atoms. The van der Waals surface area contributed by atoms with E-state index in [9.17, 15) is 0 Å². The Morgan fingerprint density at radius 2 is 2.19 bits per heavy atom. The fourth-order valence-corrected chi connectivity index (χ4v) is 2.29. The van der Waals surface area contributed by atoms with Gasteiger partial charge in [0, 0.05) is 25.9 Å². The van der Waals surface area contributed by atoms with E-state index in [0.717, 1.165) is 25.1 Å². The maximum absolute atomic E-state index is 5.37. The van der Waals surface area contributed by atoms with Crippen LogP contribution in [-0.2, 0) is 11.3 Å². The van der Waals surface area contributed by atoms with Gasteiger partial charge in [-0.15, -0.1) is 0 Å². The summed E-state index contributed by atoms with van der Waals surface area (Å²) < 4.78 is 7.31. The van der Waals surface area contributed by atoms with Crippen molar-refractivity contribution < 1.29 is 4.74 Å². The van der Waals surface area contributed by atoms with Crippen LogP contribution in [0.2, 0.25) is 0 Å². The molecule has 0 aliphatic heterocycles. The van der Waals surface area contributed by atoms with E-state index in [-0.39, 0.29) is 0 Å². The Morgan fingerprint density at radius 3 is 2.75 bits per heavy atom. The van der Waals surface area contributed by atoms with E-state index in [1.807, 2.05) is 18.0 Å². The van der Waals surface area contributed by atoms with Gasteiger partial charge in [0.05, 0.1) is 18.0 Å². The molecule has 1 aliphatic carbocycles. The van der Waals surface area contributed by atoms with Gasteiger partial charge < -0.3 is 10.1 Å². The molecule has 1 N–H and O–H groups in total. The first-order valence-electron chi connectivity index (χ1n) is 6.13. The van der Waals surface area contributed by atoms with Crippen molar-refractivity contribution in [3.8, 4) is 0 Å². The van der Waals surface area contributed by atoms with Crippen LogP contribution in [0.25, 0.3) is 0 Å². The van der Waals surface area contributed by atoms with Gasteiger partial charge in [0.15, 0.2) is 0 Å². The van der Waals surface area contributed by atoms with Gasteiger partial charge in [-0.05, 0) is 32.6 Å². The molecule has 1 aliphatic rings. The number of ether oxygens (including phenoxy) is 1. The number of hydrogen-bond donors (Lipinski definition) is 1. The lowest BCUT2D eigenvalue weighted by atomic mass is 9.93. The molecule has 1 aromatic rings. The molecule has 1 fully saturated rings. The first kappa shape index (κ1) is 11.5. The number of nitrogens with zero attached hydrogens (tertiary/aromatic N) is 2. The van der Waals surface area contributed by atoms with E-state index in [1.165, 1.54) is 12.8 Å². The molecule has 1 aromatic heterocycles. The molecule has 1 heterocycles. The molecule has 0 unspecified atom stereocenters. The third-order valence-corrected chi connectivity index (χ3v) is 3.34. The molecule has 0 aromatic carbocycles. The van der Waals surface area contributed by atoms with Crippen LogP contribution >= 0.6 is 0 Å². The second kappa shape index (κ2) is 5.34. The lowest BCUT2D eigenvalue weighted by Gasteiger charge is -2.28. The molecule has 4 nitrogen and oxygen atoms in total. The number of nitrogens with one attached hydrogen (secondary N) is 1. The second-order valence-electron chi connectivity index (χ2n) is 4.44. The normalized spacial score (nSPS) is 25.6. The maximum atomic E-state index is 5.37. The molecular formula is C12H21N3O. The van der Waals surface area contributed by atoms with Gasteiger partial charge in [0.2, 0.25) is 0 Å². The predicted octanol–water partition coefficient (Wildman–Crippen LogP) is 2.27. The Kier molecular flexibility index (Phi) is 3.83. The van der Waals surface area contributed by atoms with Gasteiger partial charge >= 0.3 is 0 Å². The zero-order valence-corrected chi connectivity index (χ0v) is 10.1. The number of aryl methyl sites for hydroxylation is 1. The standard InChI is InChI=1S/C12H21N3O/c1-3-15-9-11(8-13-15)14-10-4-6-12(16-2)7-5-10/h8-10,12,14H,3-7H2,1-2H3. The summed E-state index contributed by atoms with van der Waals surface area (Å²) in [5, 5.41) is 7.80. The maximum Gasteiger partial charge on any atom is 0.0728 e. The van der Waals surface area contributed by atoms with Gasteiger partial charge in [-0.3, -0.25) is 4.68 Å². The van der Waals surface area contributed by atoms with Crippen LogP contribution in [-0.4, -0.2) is 29.0 Å². The molecule has 0 atom stereocenters. The summed E-state index contributed by atoms with van der Waals surface area (Å²) in [4.78, 5) is 0. The van der Waals surface area contributed by atoms with Crippen molar-refractivity contribution in [3.05, 3.63) is 12.4 Å². The molecule has 1 saturated carbocycles. The lowest BCUT2D eigenvalue weighted by molar-refractivity contribution is 0.0682. The average Bonchev–Trinajstić information content (AvgIpc) is 2.78. The minimum absolute atomic E-state index is 0.469. The number of rotatable bonds is 4. The summed E-state index contributed by atoms with van der Waals surface area (Å²) in [6.45, 7) is 3.03. The zero-order valence-electron chi connectivity index (χ0n) is 10.1. The molecule has 0 saturated heterocycles. The molecule has 2 rings (SSSR count). The van der Waals surface area contributed by atoms with Crippen molar-refractivity contribution >= 4 is 5.69 Å². The van der Waals surface area contributed by atoms with Crippen molar-refractivity contribution in [1.29, 1.82) is 0 Å². The molecule has 0 spiro atoms. The lowest BCUT2D eigenvalue weighted by Crippen LogP contribution is -2.29. The van der Waals surface area contributed by atoms with Crippen LogP contribution in [0.3, 0.4) is 0 Å². The fraction of sp³-hybridized carbons (Fsp3) is 0.750. The first-order chi connectivity index (χ1) is 7.81. The van der Waals surface area contributed by atoms with Crippen molar-refractivity contribution in [1.82, 2.24) is 9.78 Å². The van der Waals surface area contributed by atoms with Crippen LogP contribution in [0.1, 0.15) is 32.6 Å². The molecule has 16 heavy (non-hydrogen) atoms. The van der Waals surface area contributed by atoms with Crippen molar-refractivity contribution in [3.63, 3.8) is 0 Å². The van der Waals surface area contributed by atoms with Crippen LogP contribution < -0.4 is 5.32 Å². The minimum atomic E-state index is 0.469. The Hall–Kier alpha value is -1.03. The molecule has 4 heteroatoms. The average molecular weight is 223 g/mol. The van der Waals surface area contributed by atoms with E-state index in [4.69, 9.17) is 4.74 Å². The Labute approximate surface area is 97.0 Å². The summed E-state index contributed by atoms with van der Waals surface area (Å²) in [6.07, 6.45) is 9.16. The second-order valence-corrected chi connectivity index (χ2v) is 4.44. The van der Waals surface area contributed by atoms with Crippen LogP contribution in [0.15, 0.2) is 12.4 Å². The van der Waals surface area contributed by atoms with Crippen LogP contribution in [0.5, 0.6) is 0 Å². The fourth-order valence-electron chi connectivity index (χ4n) is 2.29. The summed E-state index contributed by atoms with van der Waals surface area (Å²) in [5.74, 6) is 0. The van der Waals surface area contributed by atoms with Gasteiger partial charge in [0.25, 0.3) is 0 Å². The summed E-state index contributed by atoms with van der Waals surface area (Å²) in [5.41, 5.74) is 1.14. The molecular weight excluding hydrogens is 202 g/mol. The third kappa shape index (κ3) is 2.76. The highest BCUT2D eigenvalue weighted by Crippen LogP contribution is 2.23. The summed E-state index contributed by atoms with van der Waals surface area (Å²) in [6, 6.07) is 0.584. The van der Waals surface area contributed by atoms with E-state index < -0.39 is 0 Å². The highest BCUT2D eigenvalue weighted by molar-refractivity contribution is 5.39. The number of anilines is 1. The highest BCUT2D eigenvalue weighted by Gasteiger charge is 2.20. The van der Waals surface area contributed by atoms with E-state index in [0.29, 0.717) is 12.1 Å². The smallest absolute Gasteiger partial charge is 0.0728 e. The van der Waals surface area contributed by atoms with Crippen molar-refractivity contribution in [2.24, 2.45) is 0 Å². The third-order valence-electron chi connectivity index (χ3n) is 3.34. The quantitative estimate of drug-likeness (QED) is 0.851. The molecule has 0 radical (unpaired) electrons. The van der Waals surface area contributed by atoms with Crippen LogP contribution in [0.4, 0.5) is 5.69 Å².